The van der Waals surface area contributed by atoms with Crippen LogP contribution in [-0.2, 0) is 11.2 Å². The van der Waals surface area contributed by atoms with Crippen molar-refractivity contribution < 1.29 is 9.59 Å². The summed E-state index contributed by atoms with van der Waals surface area (Å²) in [6.45, 7) is 6.74. The fourth-order valence-corrected chi connectivity index (χ4v) is 4.97. The van der Waals surface area contributed by atoms with Crippen molar-refractivity contribution in [3.63, 3.8) is 0 Å². The molecule has 5 nitrogen and oxygen atoms in total. The maximum Gasteiger partial charge on any atom is 0.225 e. The first-order valence-corrected chi connectivity index (χ1v) is 12.1. The Labute approximate surface area is 192 Å². The third-order valence-electron chi connectivity index (χ3n) is 6.92. The number of hydrogen-bond donors (Lipinski definition) is 0. The molecule has 2 fully saturated rings. The van der Waals surface area contributed by atoms with E-state index in [0.717, 1.165) is 83.5 Å². The van der Waals surface area contributed by atoms with Gasteiger partial charge in [0.2, 0.25) is 5.91 Å². The van der Waals surface area contributed by atoms with Crippen LogP contribution in [-0.4, -0.2) is 67.8 Å². The Kier molecular flexibility index (Phi) is 7.94. The SMILES string of the molecule is O=Cc1ccc(N2CCC(C(=O)N3CCCN(CCCc4ccccc4)CC3)CC2)cc1. The van der Waals surface area contributed by atoms with Gasteiger partial charge in [-0.15, -0.1) is 0 Å². The molecule has 0 aliphatic carbocycles. The van der Waals surface area contributed by atoms with Gasteiger partial charge in [0.1, 0.15) is 6.29 Å². The lowest BCUT2D eigenvalue weighted by atomic mass is 9.94. The van der Waals surface area contributed by atoms with E-state index in [9.17, 15) is 9.59 Å². The maximum absolute atomic E-state index is 13.2. The van der Waals surface area contributed by atoms with E-state index in [-0.39, 0.29) is 5.92 Å². The van der Waals surface area contributed by atoms with Gasteiger partial charge < -0.3 is 14.7 Å². The summed E-state index contributed by atoms with van der Waals surface area (Å²) in [6.07, 6.45) is 6.05. The zero-order valence-corrected chi connectivity index (χ0v) is 19.0. The first-order valence-electron chi connectivity index (χ1n) is 12.1. The van der Waals surface area contributed by atoms with Crippen molar-refractivity contribution in [2.24, 2.45) is 5.92 Å². The van der Waals surface area contributed by atoms with Crippen LogP contribution in [0.4, 0.5) is 5.69 Å². The smallest absolute Gasteiger partial charge is 0.225 e. The molecule has 0 atom stereocenters. The van der Waals surface area contributed by atoms with E-state index in [0.29, 0.717) is 11.5 Å². The third-order valence-corrected chi connectivity index (χ3v) is 6.92. The number of carbonyl (C=O) groups excluding carboxylic acids is 2. The predicted octanol–water partition coefficient (Wildman–Crippen LogP) is 3.88. The molecule has 0 aromatic heterocycles. The van der Waals surface area contributed by atoms with Gasteiger partial charge in [-0.3, -0.25) is 9.59 Å². The summed E-state index contributed by atoms with van der Waals surface area (Å²) in [6, 6.07) is 18.4. The van der Waals surface area contributed by atoms with Crippen molar-refractivity contribution in [1.82, 2.24) is 9.80 Å². The van der Waals surface area contributed by atoms with Crippen molar-refractivity contribution in [2.75, 3.05) is 50.7 Å². The Balaban J connectivity index is 1.20. The molecule has 1 amide bonds. The summed E-state index contributed by atoms with van der Waals surface area (Å²) >= 11 is 0. The average molecular weight is 434 g/mol. The molecule has 2 aromatic rings. The molecule has 2 aromatic carbocycles. The van der Waals surface area contributed by atoms with E-state index in [2.05, 4.69) is 45.0 Å². The van der Waals surface area contributed by atoms with Crippen molar-refractivity contribution in [3.05, 3.63) is 65.7 Å². The second-order valence-electron chi connectivity index (χ2n) is 9.08. The molecule has 170 valence electrons. The van der Waals surface area contributed by atoms with Crippen molar-refractivity contribution >= 4 is 17.9 Å². The molecule has 2 saturated heterocycles. The van der Waals surface area contributed by atoms with Gasteiger partial charge in [0.15, 0.2) is 0 Å². The Morgan fingerprint density at radius 2 is 1.62 bits per heavy atom. The molecular weight excluding hydrogens is 398 g/mol. The van der Waals surface area contributed by atoms with Gasteiger partial charge in [-0.25, -0.2) is 0 Å². The van der Waals surface area contributed by atoms with E-state index < -0.39 is 0 Å². The molecule has 2 aliphatic rings. The Morgan fingerprint density at radius 1 is 0.875 bits per heavy atom. The lowest BCUT2D eigenvalue weighted by Gasteiger charge is -2.35. The van der Waals surface area contributed by atoms with Gasteiger partial charge in [0.05, 0.1) is 0 Å². The van der Waals surface area contributed by atoms with E-state index in [1.807, 2.05) is 24.3 Å². The number of aldehydes is 1. The molecule has 32 heavy (non-hydrogen) atoms. The normalized spacial score (nSPS) is 18.4. The molecule has 0 radical (unpaired) electrons. The molecular formula is C27H35N3O2. The molecule has 4 rings (SSSR count). The largest absolute Gasteiger partial charge is 0.371 e. The van der Waals surface area contributed by atoms with Crippen LogP contribution < -0.4 is 4.90 Å². The van der Waals surface area contributed by atoms with Crippen molar-refractivity contribution in [1.29, 1.82) is 0 Å². The number of anilines is 1. The Bertz CT molecular complexity index is 860. The van der Waals surface area contributed by atoms with Gasteiger partial charge in [0, 0.05) is 49.9 Å². The average Bonchev–Trinajstić information content (AvgIpc) is 3.10. The lowest BCUT2D eigenvalue weighted by Crippen LogP contribution is -2.44. The van der Waals surface area contributed by atoms with Crippen LogP contribution in [0.2, 0.25) is 0 Å². The molecule has 0 unspecified atom stereocenters. The zero-order valence-electron chi connectivity index (χ0n) is 19.0. The summed E-state index contributed by atoms with van der Waals surface area (Å²) in [5.74, 6) is 0.497. The molecule has 2 heterocycles. The van der Waals surface area contributed by atoms with Crippen LogP contribution in [0, 0.1) is 5.92 Å². The van der Waals surface area contributed by atoms with E-state index in [1.54, 1.807) is 0 Å². The first kappa shape index (κ1) is 22.5. The van der Waals surface area contributed by atoms with E-state index in [4.69, 9.17) is 0 Å². The molecule has 0 bridgehead atoms. The van der Waals surface area contributed by atoms with E-state index in [1.165, 1.54) is 12.0 Å². The molecule has 0 spiro atoms. The Hall–Kier alpha value is -2.66. The van der Waals surface area contributed by atoms with Crippen LogP contribution in [0.1, 0.15) is 41.6 Å². The van der Waals surface area contributed by atoms with Crippen LogP contribution in [0.25, 0.3) is 0 Å². The van der Waals surface area contributed by atoms with E-state index >= 15 is 0 Å². The van der Waals surface area contributed by atoms with Crippen molar-refractivity contribution in [3.8, 4) is 0 Å². The van der Waals surface area contributed by atoms with Gasteiger partial charge >= 0.3 is 0 Å². The monoisotopic (exact) mass is 433 g/mol. The highest BCUT2D eigenvalue weighted by molar-refractivity contribution is 5.79. The fraction of sp³-hybridized carbons (Fsp3) is 0.481. The van der Waals surface area contributed by atoms with Gasteiger partial charge in [-0.1, -0.05) is 30.3 Å². The quantitative estimate of drug-likeness (QED) is 0.622. The summed E-state index contributed by atoms with van der Waals surface area (Å²) in [5, 5.41) is 0. The third kappa shape index (κ3) is 5.98. The summed E-state index contributed by atoms with van der Waals surface area (Å²) in [4.78, 5) is 31.0. The summed E-state index contributed by atoms with van der Waals surface area (Å²) < 4.78 is 0. The first-order chi connectivity index (χ1) is 15.7. The molecule has 5 heteroatoms. The summed E-state index contributed by atoms with van der Waals surface area (Å²) in [7, 11) is 0. The molecule has 0 saturated carbocycles. The van der Waals surface area contributed by atoms with Crippen LogP contribution in [0.5, 0.6) is 0 Å². The standard InChI is InChI=1S/C27H35N3O2/c31-22-24-9-11-26(12-10-24)29-18-13-25(14-19-29)27(32)30-17-5-16-28(20-21-30)15-4-8-23-6-2-1-3-7-23/h1-3,6-7,9-12,22,25H,4-5,8,13-21H2. The second-order valence-corrected chi connectivity index (χ2v) is 9.08. The number of aryl methyl sites for hydroxylation is 1. The predicted molar refractivity (Wildman–Crippen MR) is 129 cm³/mol. The number of carbonyl (C=O) groups is 2. The minimum absolute atomic E-state index is 0.144. The highest BCUT2D eigenvalue weighted by atomic mass is 16.2. The van der Waals surface area contributed by atoms with Crippen molar-refractivity contribution in [2.45, 2.75) is 32.1 Å². The number of rotatable bonds is 7. The number of nitrogens with zero attached hydrogens (tertiary/aromatic N) is 3. The van der Waals surface area contributed by atoms with Gasteiger partial charge in [0.25, 0.3) is 0 Å². The number of hydrogen-bond acceptors (Lipinski definition) is 4. The zero-order chi connectivity index (χ0) is 22.2. The maximum atomic E-state index is 13.2. The molecule has 0 N–H and O–H groups in total. The Morgan fingerprint density at radius 3 is 2.34 bits per heavy atom. The van der Waals surface area contributed by atoms with Gasteiger partial charge in [-0.05, 0) is 75.0 Å². The fourth-order valence-electron chi connectivity index (χ4n) is 4.97. The van der Waals surface area contributed by atoms with Crippen LogP contribution in [0.3, 0.4) is 0 Å². The minimum atomic E-state index is 0.144. The van der Waals surface area contributed by atoms with Gasteiger partial charge in [-0.2, -0.15) is 0 Å². The molecule has 2 aliphatic heterocycles. The number of benzene rings is 2. The topological polar surface area (TPSA) is 43.9 Å². The minimum Gasteiger partial charge on any atom is -0.371 e. The highest BCUT2D eigenvalue weighted by Gasteiger charge is 2.29. The highest BCUT2D eigenvalue weighted by Crippen LogP contribution is 2.25. The lowest BCUT2D eigenvalue weighted by molar-refractivity contribution is -0.136. The van der Waals surface area contributed by atoms with Crippen LogP contribution in [0.15, 0.2) is 54.6 Å². The van der Waals surface area contributed by atoms with Crippen LogP contribution >= 0.6 is 0 Å². The number of piperidine rings is 1. The number of amides is 1. The second kappa shape index (κ2) is 11.3. The summed E-state index contributed by atoms with van der Waals surface area (Å²) in [5.41, 5.74) is 3.25.